The van der Waals surface area contributed by atoms with Crippen LogP contribution in [-0.2, 0) is 4.74 Å². The zero-order valence-corrected chi connectivity index (χ0v) is 8.50. The van der Waals surface area contributed by atoms with E-state index in [2.05, 4.69) is 5.32 Å². The van der Waals surface area contributed by atoms with E-state index >= 15 is 0 Å². The van der Waals surface area contributed by atoms with E-state index in [1.807, 2.05) is 0 Å². The van der Waals surface area contributed by atoms with Gasteiger partial charge in [0.2, 0.25) is 0 Å². The molecule has 5 heteroatoms. The number of nitrogens with two attached hydrogens (primary N) is 1. The van der Waals surface area contributed by atoms with Gasteiger partial charge in [0.25, 0.3) is 0 Å². The van der Waals surface area contributed by atoms with Crippen molar-refractivity contribution in [3.05, 3.63) is 0 Å². The minimum atomic E-state index is 0.00366. The van der Waals surface area contributed by atoms with Crippen LogP contribution in [0.2, 0.25) is 0 Å². The molecule has 3 N–H and O–H groups in total. The van der Waals surface area contributed by atoms with E-state index in [-0.39, 0.29) is 6.03 Å². The summed E-state index contributed by atoms with van der Waals surface area (Å²) >= 11 is 0. The number of nitrogens with zero attached hydrogens (tertiary/aromatic N) is 1. The van der Waals surface area contributed by atoms with Crippen molar-refractivity contribution in [3.8, 4) is 0 Å². The van der Waals surface area contributed by atoms with E-state index in [4.69, 9.17) is 10.5 Å². The largest absolute Gasteiger partial charge is 0.380 e. The second-order valence-electron chi connectivity index (χ2n) is 3.33. The molecule has 14 heavy (non-hydrogen) atoms. The molecule has 1 aliphatic rings. The van der Waals surface area contributed by atoms with E-state index in [1.54, 1.807) is 4.90 Å². The number of rotatable bonds is 3. The fraction of sp³-hybridized carbons (Fsp3) is 0.889. The zero-order valence-electron chi connectivity index (χ0n) is 8.50. The lowest BCUT2D eigenvalue weighted by molar-refractivity contribution is 0.142. The van der Waals surface area contributed by atoms with Crippen molar-refractivity contribution in [1.29, 1.82) is 0 Å². The molecule has 1 heterocycles. The summed E-state index contributed by atoms with van der Waals surface area (Å²) in [6.45, 7) is 4.15. The third-order valence-corrected chi connectivity index (χ3v) is 2.17. The van der Waals surface area contributed by atoms with E-state index in [9.17, 15) is 4.79 Å². The van der Waals surface area contributed by atoms with Crippen LogP contribution in [0.4, 0.5) is 4.79 Å². The van der Waals surface area contributed by atoms with Crippen molar-refractivity contribution >= 4 is 6.03 Å². The lowest BCUT2D eigenvalue weighted by Crippen LogP contribution is -2.41. The Morgan fingerprint density at radius 1 is 1.43 bits per heavy atom. The van der Waals surface area contributed by atoms with Crippen LogP contribution in [0, 0.1) is 0 Å². The van der Waals surface area contributed by atoms with Gasteiger partial charge in [0, 0.05) is 26.2 Å². The van der Waals surface area contributed by atoms with Gasteiger partial charge in [-0.15, -0.1) is 0 Å². The third kappa shape index (κ3) is 3.93. The molecule has 2 amide bonds. The molecule has 82 valence electrons. The van der Waals surface area contributed by atoms with E-state index in [0.29, 0.717) is 26.2 Å². The van der Waals surface area contributed by atoms with Crippen molar-refractivity contribution in [2.75, 3.05) is 39.4 Å². The topological polar surface area (TPSA) is 67.6 Å². The van der Waals surface area contributed by atoms with Gasteiger partial charge >= 0.3 is 6.03 Å². The Hall–Kier alpha value is -0.810. The van der Waals surface area contributed by atoms with Gasteiger partial charge in [0.05, 0.1) is 6.61 Å². The molecule has 0 aromatic heterocycles. The monoisotopic (exact) mass is 201 g/mol. The molecule has 0 atom stereocenters. The highest BCUT2D eigenvalue weighted by atomic mass is 16.5. The van der Waals surface area contributed by atoms with E-state index in [0.717, 1.165) is 26.0 Å². The third-order valence-electron chi connectivity index (χ3n) is 2.17. The van der Waals surface area contributed by atoms with Gasteiger partial charge in [-0.05, 0) is 19.4 Å². The first-order chi connectivity index (χ1) is 6.84. The molecule has 0 radical (unpaired) electrons. The molecule has 0 aliphatic carbocycles. The van der Waals surface area contributed by atoms with Crippen LogP contribution < -0.4 is 11.1 Å². The molecule has 0 unspecified atom stereocenters. The maximum Gasteiger partial charge on any atom is 0.317 e. The van der Waals surface area contributed by atoms with Crippen LogP contribution >= 0.6 is 0 Å². The SMILES string of the molecule is NCCCNC(=O)N1CCCOCC1. The number of hydrogen-bond acceptors (Lipinski definition) is 3. The van der Waals surface area contributed by atoms with Gasteiger partial charge in [-0.2, -0.15) is 0 Å². The minimum Gasteiger partial charge on any atom is -0.380 e. The predicted molar refractivity (Wildman–Crippen MR) is 54.1 cm³/mol. The van der Waals surface area contributed by atoms with Gasteiger partial charge < -0.3 is 20.7 Å². The molecule has 5 nitrogen and oxygen atoms in total. The fourth-order valence-electron chi connectivity index (χ4n) is 1.36. The number of carbonyl (C=O) groups excluding carboxylic acids is 1. The average Bonchev–Trinajstić information content (AvgIpc) is 2.46. The van der Waals surface area contributed by atoms with Crippen LogP contribution in [0.5, 0.6) is 0 Å². The van der Waals surface area contributed by atoms with Gasteiger partial charge in [-0.25, -0.2) is 4.79 Å². The number of nitrogens with one attached hydrogen (secondary N) is 1. The van der Waals surface area contributed by atoms with Crippen molar-refractivity contribution in [1.82, 2.24) is 10.2 Å². The number of carbonyl (C=O) groups is 1. The van der Waals surface area contributed by atoms with Crippen molar-refractivity contribution < 1.29 is 9.53 Å². The highest BCUT2D eigenvalue weighted by Crippen LogP contribution is 1.98. The molecular weight excluding hydrogens is 182 g/mol. The molecule has 0 saturated carbocycles. The smallest absolute Gasteiger partial charge is 0.317 e. The Balaban J connectivity index is 2.20. The maximum absolute atomic E-state index is 11.5. The zero-order chi connectivity index (χ0) is 10.2. The molecule has 1 saturated heterocycles. The number of ether oxygens (including phenoxy) is 1. The summed E-state index contributed by atoms with van der Waals surface area (Å²) in [6, 6.07) is 0.00366. The standard InChI is InChI=1S/C9H19N3O2/c10-3-1-4-11-9(13)12-5-2-7-14-8-6-12/h1-8,10H2,(H,11,13). The van der Waals surface area contributed by atoms with Crippen molar-refractivity contribution in [2.24, 2.45) is 5.73 Å². The Morgan fingerprint density at radius 3 is 3.07 bits per heavy atom. The molecular formula is C9H19N3O2. The molecule has 0 spiro atoms. The van der Waals surface area contributed by atoms with Crippen LogP contribution in [0.1, 0.15) is 12.8 Å². The van der Waals surface area contributed by atoms with Gasteiger partial charge in [-0.3, -0.25) is 0 Å². The van der Waals surface area contributed by atoms with Gasteiger partial charge in [0.1, 0.15) is 0 Å². The molecule has 0 aromatic rings. The van der Waals surface area contributed by atoms with Crippen LogP contribution in [0.25, 0.3) is 0 Å². The van der Waals surface area contributed by atoms with E-state index in [1.165, 1.54) is 0 Å². The Morgan fingerprint density at radius 2 is 2.29 bits per heavy atom. The average molecular weight is 201 g/mol. The highest BCUT2D eigenvalue weighted by Gasteiger charge is 2.14. The normalized spacial score (nSPS) is 17.6. The minimum absolute atomic E-state index is 0.00366. The summed E-state index contributed by atoms with van der Waals surface area (Å²) in [5.41, 5.74) is 5.33. The molecule has 0 aromatic carbocycles. The fourth-order valence-corrected chi connectivity index (χ4v) is 1.36. The predicted octanol–water partition coefficient (Wildman–Crippen LogP) is -0.233. The van der Waals surface area contributed by atoms with Gasteiger partial charge in [0.15, 0.2) is 0 Å². The summed E-state index contributed by atoms with van der Waals surface area (Å²) in [5.74, 6) is 0. The lowest BCUT2D eigenvalue weighted by atomic mass is 10.4. The van der Waals surface area contributed by atoms with Crippen molar-refractivity contribution in [2.45, 2.75) is 12.8 Å². The molecule has 1 fully saturated rings. The molecule has 1 aliphatic heterocycles. The molecule has 1 rings (SSSR count). The first kappa shape index (κ1) is 11.3. The molecule has 0 bridgehead atoms. The Labute approximate surface area is 84.6 Å². The maximum atomic E-state index is 11.5. The van der Waals surface area contributed by atoms with Crippen molar-refractivity contribution in [3.63, 3.8) is 0 Å². The summed E-state index contributed by atoms with van der Waals surface area (Å²) in [6.07, 6.45) is 1.75. The lowest BCUT2D eigenvalue weighted by Gasteiger charge is -2.19. The highest BCUT2D eigenvalue weighted by molar-refractivity contribution is 5.74. The number of urea groups is 1. The van der Waals surface area contributed by atoms with Crippen LogP contribution in [0.3, 0.4) is 0 Å². The second kappa shape index (κ2) is 6.62. The Bertz CT molecular complexity index is 167. The second-order valence-corrected chi connectivity index (χ2v) is 3.33. The van der Waals surface area contributed by atoms with Crippen LogP contribution in [0.15, 0.2) is 0 Å². The Kier molecular flexibility index (Phi) is 5.32. The van der Waals surface area contributed by atoms with E-state index < -0.39 is 0 Å². The first-order valence-corrected chi connectivity index (χ1v) is 5.15. The number of amides is 2. The summed E-state index contributed by atoms with van der Waals surface area (Å²) in [7, 11) is 0. The number of hydrogen-bond donors (Lipinski definition) is 2. The van der Waals surface area contributed by atoms with Gasteiger partial charge in [-0.1, -0.05) is 0 Å². The van der Waals surface area contributed by atoms with Crippen LogP contribution in [-0.4, -0.2) is 50.3 Å². The first-order valence-electron chi connectivity index (χ1n) is 5.15. The summed E-state index contributed by atoms with van der Waals surface area (Å²) in [4.78, 5) is 13.3. The summed E-state index contributed by atoms with van der Waals surface area (Å²) in [5, 5.41) is 2.83. The quantitative estimate of drug-likeness (QED) is 0.620. The summed E-state index contributed by atoms with van der Waals surface area (Å²) < 4.78 is 5.26.